The molecule has 0 aliphatic carbocycles. The van der Waals surface area contributed by atoms with Crippen molar-refractivity contribution in [3.63, 3.8) is 0 Å². The second kappa shape index (κ2) is 6.67. The number of rotatable bonds is 2. The summed E-state index contributed by atoms with van der Waals surface area (Å²) < 4.78 is 37.9. The molecule has 24 heavy (non-hydrogen) atoms. The van der Waals surface area contributed by atoms with Gasteiger partial charge in [-0.2, -0.15) is 13.2 Å². The molecule has 1 aliphatic rings. The van der Waals surface area contributed by atoms with Crippen molar-refractivity contribution in [3.8, 4) is 0 Å². The molecule has 7 heteroatoms. The molecular formula is C17H19F3N4. The van der Waals surface area contributed by atoms with Crippen molar-refractivity contribution in [1.82, 2.24) is 9.97 Å². The lowest BCUT2D eigenvalue weighted by molar-refractivity contribution is -0.137. The number of hydrogen-bond donors (Lipinski definition) is 0. The van der Waals surface area contributed by atoms with Crippen molar-refractivity contribution < 1.29 is 13.2 Å². The Labute approximate surface area is 138 Å². The van der Waals surface area contributed by atoms with Crippen molar-refractivity contribution in [2.45, 2.75) is 19.5 Å². The van der Waals surface area contributed by atoms with Crippen molar-refractivity contribution in [3.05, 3.63) is 47.8 Å². The molecule has 0 N–H and O–H groups in total. The van der Waals surface area contributed by atoms with E-state index >= 15 is 0 Å². The van der Waals surface area contributed by atoms with Crippen LogP contribution in [0.2, 0.25) is 0 Å². The average molecular weight is 336 g/mol. The number of aryl methyl sites for hydroxylation is 1. The summed E-state index contributed by atoms with van der Waals surface area (Å²) in [7, 11) is 0. The van der Waals surface area contributed by atoms with E-state index in [2.05, 4.69) is 14.9 Å². The van der Waals surface area contributed by atoms with Gasteiger partial charge in [-0.15, -0.1) is 0 Å². The Hall–Kier alpha value is -2.31. The Balaban J connectivity index is 1.69. The predicted molar refractivity (Wildman–Crippen MR) is 87.3 cm³/mol. The third-order valence-electron chi connectivity index (χ3n) is 4.09. The zero-order valence-corrected chi connectivity index (χ0v) is 13.4. The highest BCUT2D eigenvalue weighted by molar-refractivity contribution is 5.43. The number of hydrogen-bond acceptors (Lipinski definition) is 4. The van der Waals surface area contributed by atoms with Crippen LogP contribution in [0, 0.1) is 6.92 Å². The number of anilines is 2. The van der Waals surface area contributed by atoms with Gasteiger partial charge in [0.25, 0.3) is 0 Å². The van der Waals surface area contributed by atoms with E-state index in [1.165, 1.54) is 6.07 Å². The van der Waals surface area contributed by atoms with Gasteiger partial charge in [-0.25, -0.2) is 9.97 Å². The monoisotopic (exact) mass is 336 g/mol. The van der Waals surface area contributed by atoms with Gasteiger partial charge in [-0.3, -0.25) is 0 Å². The molecule has 0 saturated carbocycles. The van der Waals surface area contributed by atoms with Crippen LogP contribution >= 0.6 is 0 Å². The molecule has 3 rings (SSSR count). The molecular weight excluding hydrogens is 317 g/mol. The molecule has 0 radical (unpaired) electrons. The van der Waals surface area contributed by atoms with Crippen LogP contribution < -0.4 is 9.80 Å². The molecule has 1 aliphatic heterocycles. The van der Waals surface area contributed by atoms with E-state index in [-0.39, 0.29) is 0 Å². The highest BCUT2D eigenvalue weighted by Gasteiger charge is 2.31. The van der Waals surface area contributed by atoms with Crippen LogP contribution in [0.1, 0.15) is 17.7 Å². The minimum absolute atomic E-state index is 0.585. The quantitative estimate of drug-likeness (QED) is 0.840. The lowest BCUT2D eigenvalue weighted by Crippen LogP contribution is -2.31. The Morgan fingerprint density at radius 1 is 0.917 bits per heavy atom. The molecule has 0 amide bonds. The van der Waals surface area contributed by atoms with E-state index in [1.54, 1.807) is 0 Å². The number of nitrogens with zero attached hydrogens (tertiary/aromatic N) is 4. The first-order chi connectivity index (χ1) is 11.4. The zero-order valence-electron chi connectivity index (χ0n) is 13.4. The minimum Gasteiger partial charge on any atom is -0.355 e. The number of halogens is 3. The summed E-state index contributed by atoms with van der Waals surface area (Å²) in [5.74, 6) is 1.53. The molecule has 0 atom stereocenters. The van der Waals surface area contributed by atoms with Gasteiger partial charge in [0.15, 0.2) is 0 Å². The van der Waals surface area contributed by atoms with Crippen LogP contribution in [0.5, 0.6) is 0 Å². The average Bonchev–Trinajstić information content (AvgIpc) is 2.80. The largest absolute Gasteiger partial charge is 0.417 e. The zero-order chi connectivity index (χ0) is 17.2. The first-order valence-electron chi connectivity index (χ1n) is 7.90. The molecule has 4 nitrogen and oxygen atoms in total. The number of aromatic nitrogens is 2. The van der Waals surface area contributed by atoms with Gasteiger partial charge in [-0.1, -0.05) is 6.07 Å². The Bertz CT molecular complexity index is 685. The second-order valence-corrected chi connectivity index (χ2v) is 5.87. The van der Waals surface area contributed by atoms with Crippen molar-refractivity contribution in [1.29, 1.82) is 0 Å². The van der Waals surface area contributed by atoms with Gasteiger partial charge in [0.1, 0.15) is 11.6 Å². The standard InChI is InChI=1S/C17H19F3N4/c1-13-4-2-5-16(22-13)24-9-3-8-23(10-11-24)15-7-6-14(12-21-15)17(18,19)20/h2,4-7,12H,3,8-11H2,1H3. The molecule has 2 aromatic rings. The SMILES string of the molecule is Cc1cccc(N2CCCN(c3ccc(C(F)(F)F)cn3)CC2)n1. The van der Waals surface area contributed by atoms with E-state index in [4.69, 9.17) is 0 Å². The molecule has 0 spiro atoms. The lowest BCUT2D eigenvalue weighted by atomic mass is 10.2. The number of pyridine rings is 2. The molecule has 128 valence electrons. The van der Waals surface area contributed by atoms with E-state index in [1.807, 2.05) is 30.0 Å². The second-order valence-electron chi connectivity index (χ2n) is 5.87. The molecule has 1 saturated heterocycles. The van der Waals surface area contributed by atoms with Crippen LogP contribution in [0.3, 0.4) is 0 Å². The van der Waals surface area contributed by atoms with Gasteiger partial charge in [0.05, 0.1) is 5.56 Å². The number of alkyl halides is 3. The van der Waals surface area contributed by atoms with Gasteiger partial charge >= 0.3 is 6.18 Å². The molecule has 0 bridgehead atoms. The summed E-state index contributed by atoms with van der Waals surface area (Å²) in [4.78, 5) is 12.8. The topological polar surface area (TPSA) is 32.3 Å². The maximum Gasteiger partial charge on any atom is 0.417 e. The summed E-state index contributed by atoms with van der Waals surface area (Å²) >= 11 is 0. The lowest BCUT2D eigenvalue weighted by Gasteiger charge is -2.23. The first-order valence-corrected chi connectivity index (χ1v) is 7.90. The third kappa shape index (κ3) is 3.77. The highest BCUT2D eigenvalue weighted by Crippen LogP contribution is 2.29. The van der Waals surface area contributed by atoms with Crippen molar-refractivity contribution >= 4 is 11.6 Å². The molecule has 0 aromatic carbocycles. The Morgan fingerprint density at radius 3 is 2.21 bits per heavy atom. The van der Waals surface area contributed by atoms with Crippen molar-refractivity contribution in [2.75, 3.05) is 36.0 Å². The third-order valence-corrected chi connectivity index (χ3v) is 4.09. The summed E-state index contributed by atoms with van der Waals surface area (Å²) in [5.41, 5.74) is 0.254. The highest BCUT2D eigenvalue weighted by atomic mass is 19.4. The van der Waals surface area contributed by atoms with Crippen LogP contribution in [-0.4, -0.2) is 36.1 Å². The summed E-state index contributed by atoms with van der Waals surface area (Å²) in [6.45, 7) is 5.06. The van der Waals surface area contributed by atoms with Crippen LogP contribution in [0.25, 0.3) is 0 Å². The first kappa shape index (κ1) is 16.5. The maximum absolute atomic E-state index is 12.6. The van der Waals surface area contributed by atoms with E-state index in [0.717, 1.165) is 49.8 Å². The fourth-order valence-corrected chi connectivity index (χ4v) is 2.82. The van der Waals surface area contributed by atoms with Crippen LogP contribution in [0.15, 0.2) is 36.5 Å². The summed E-state index contributed by atoms with van der Waals surface area (Å²) in [6.07, 6.45) is -2.55. The van der Waals surface area contributed by atoms with Crippen LogP contribution in [-0.2, 0) is 6.18 Å². The molecule has 0 unspecified atom stereocenters. The van der Waals surface area contributed by atoms with E-state index < -0.39 is 11.7 Å². The van der Waals surface area contributed by atoms with Gasteiger partial charge in [-0.05, 0) is 37.6 Å². The van der Waals surface area contributed by atoms with E-state index in [0.29, 0.717) is 12.4 Å². The normalized spacial score (nSPS) is 16.2. The molecule has 3 heterocycles. The Morgan fingerprint density at radius 2 is 1.62 bits per heavy atom. The predicted octanol–water partition coefficient (Wildman–Crippen LogP) is 3.52. The van der Waals surface area contributed by atoms with Gasteiger partial charge in [0.2, 0.25) is 0 Å². The summed E-state index contributed by atoms with van der Waals surface area (Å²) in [5, 5.41) is 0. The fourth-order valence-electron chi connectivity index (χ4n) is 2.82. The fraction of sp³-hybridized carbons (Fsp3) is 0.412. The molecule has 1 fully saturated rings. The van der Waals surface area contributed by atoms with Crippen molar-refractivity contribution in [2.24, 2.45) is 0 Å². The van der Waals surface area contributed by atoms with Gasteiger partial charge in [0, 0.05) is 38.1 Å². The minimum atomic E-state index is -4.35. The van der Waals surface area contributed by atoms with E-state index in [9.17, 15) is 13.2 Å². The maximum atomic E-state index is 12.6. The Kier molecular flexibility index (Phi) is 4.59. The smallest absolute Gasteiger partial charge is 0.355 e. The molecule has 2 aromatic heterocycles. The van der Waals surface area contributed by atoms with Gasteiger partial charge < -0.3 is 9.80 Å². The summed E-state index contributed by atoms with van der Waals surface area (Å²) in [6, 6.07) is 8.47. The van der Waals surface area contributed by atoms with Crippen LogP contribution in [0.4, 0.5) is 24.8 Å².